The van der Waals surface area contributed by atoms with Crippen LogP contribution in [0.25, 0.3) is 0 Å². The molecule has 0 saturated carbocycles. The molecule has 2 heteroatoms. The molecule has 1 rings (SSSR count). The number of hydrogen-bond donors (Lipinski definition) is 1. The Labute approximate surface area is 61.5 Å². The Balaban J connectivity index is 0.000000236. The van der Waals surface area contributed by atoms with Crippen molar-refractivity contribution in [2.45, 2.75) is 13.8 Å². The number of aliphatic hydroxyl groups is 1. The van der Waals surface area contributed by atoms with Crippen molar-refractivity contribution in [1.29, 1.82) is 0 Å². The van der Waals surface area contributed by atoms with Gasteiger partial charge in [0.1, 0.15) is 0 Å². The van der Waals surface area contributed by atoms with Crippen molar-refractivity contribution < 1.29 is 5.11 Å². The highest BCUT2D eigenvalue weighted by molar-refractivity contribution is 5.05. The number of rotatable bonds is 0. The molecule has 1 heterocycles. The van der Waals surface area contributed by atoms with Gasteiger partial charge in [-0.3, -0.25) is 4.98 Å². The SMILES string of the molecule is CCO.Cc1ccncc1. The van der Waals surface area contributed by atoms with Crippen LogP contribution in [0.4, 0.5) is 0 Å². The van der Waals surface area contributed by atoms with Crippen LogP contribution in [0.3, 0.4) is 0 Å². The van der Waals surface area contributed by atoms with Crippen LogP contribution in [0.1, 0.15) is 12.5 Å². The fourth-order valence-electron chi connectivity index (χ4n) is 0.426. The Morgan fingerprint density at radius 3 is 2.00 bits per heavy atom. The van der Waals surface area contributed by atoms with E-state index in [0.29, 0.717) is 0 Å². The van der Waals surface area contributed by atoms with Crippen molar-refractivity contribution in [3.63, 3.8) is 0 Å². The van der Waals surface area contributed by atoms with Crippen LogP contribution in [-0.2, 0) is 0 Å². The Hall–Kier alpha value is -0.890. The average Bonchev–Trinajstić information content (AvgIpc) is 1.91. The number of nitrogens with zero attached hydrogens (tertiary/aromatic N) is 1. The van der Waals surface area contributed by atoms with Crippen LogP contribution in [0.2, 0.25) is 0 Å². The van der Waals surface area contributed by atoms with E-state index < -0.39 is 0 Å². The summed E-state index contributed by atoms with van der Waals surface area (Å²) < 4.78 is 0. The zero-order valence-electron chi connectivity index (χ0n) is 6.41. The first-order valence-corrected chi connectivity index (χ1v) is 3.28. The molecule has 0 aliphatic rings. The number of aryl methyl sites for hydroxylation is 1. The summed E-state index contributed by atoms with van der Waals surface area (Å²) in [6.45, 7) is 3.97. The number of pyridine rings is 1. The fourth-order valence-corrected chi connectivity index (χ4v) is 0.426. The molecule has 0 radical (unpaired) electrons. The van der Waals surface area contributed by atoms with Crippen LogP contribution in [0, 0.1) is 6.92 Å². The molecule has 1 aromatic heterocycles. The largest absolute Gasteiger partial charge is 0.397 e. The van der Waals surface area contributed by atoms with Gasteiger partial charge in [-0.1, -0.05) is 0 Å². The Kier molecular flexibility index (Phi) is 5.68. The monoisotopic (exact) mass is 139 g/mol. The molecule has 0 aliphatic carbocycles. The highest BCUT2D eigenvalue weighted by atomic mass is 16.2. The normalized spacial score (nSPS) is 7.90. The molecule has 1 aromatic rings. The molecule has 0 atom stereocenters. The van der Waals surface area contributed by atoms with Crippen LogP contribution < -0.4 is 0 Å². The van der Waals surface area contributed by atoms with E-state index in [-0.39, 0.29) is 6.61 Å². The molecule has 10 heavy (non-hydrogen) atoms. The lowest BCUT2D eigenvalue weighted by molar-refractivity contribution is 0.318. The predicted molar refractivity (Wildman–Crippen MR) is 41.7 cm³/mol. The van der Waals surface area contributed by atoms with Crippen LogP contribution in [0.5, 0.6) is 0 Å². The van der Waals surface area contributed by atoms with E-state index in [9.17, 15) is 0 Å². The van der Waals surface area contributed by atoms with Gasteiger partial charge in [-0.15, -0.1) is 0 Å². The van der Waals surface area contributed by atoms with Crippen molar-refractivity contribution in [3.8, 4) is 0 Å². The Bertz CT molecular complexity index is 151. The third-order valence-electron chi connectivity index (χ3n) is 0.847. The quantitative estimate of drug-likeness (QED) is 0.589. The summed E-state index contributed by atoms with van der Waals surface area (Å²) in [6.07, 6.45) is 3.57. The van der Waals surface area contributed by atoms with Crippen LogP contribution in [-0.4, -0.2) is 16.7 Å². The lowest BCUT2D eigenvalue weighted by Crippen LogP contribution is -1.68. The van der Waals surface area contributed by atoms with Crippen molar-refractivity contribution in [2.24, 2.45) is 0 Å². The number of hydrogen-bond acceptors (Lipinski definition) is 2. The van der Waals surface area contributed by atoms with Crippen molar-refractivity contribution in [3.05, 3.63) is 30.1 Å². The third-order valence-corrected chi connectivity index (χ3v) is 0.847. The fraction of sp³-hybridized carbons (Fsp3) is 0.375. The van der Waals surface area contributed by atoms with E-state index in [2.05, 4.69) is 4.98 Å². The summed E-state index contributed by atoms with van der Waals surface area (Å²) in [5.74, 6) is 0. The highest BCUT2D eigenvalue weighted by Gasteiger charge is 1.72. The third kappa shape index (κ3) is 5.25. The first-order valence-electron chi connectivity index (χ1n) is 3.28. The summed E-state index contributed by atoms with van der Waals surface area (Å²) in [7, 11) is 0. The second kappa shape index (κ2) is 6.23. The van der Waals surface area contributed by atoms with Gasteiger partial charge in [-0.2, -0.15) is 0 Å². The summed E-state index contributed by atoms with van der Waals surface area (Å²) in [6, 6.07) is 3.94. The number of aromatic nitrogens is 1. The average molecular weight is 139 g/mol. The van der Waals surface area contributed by atoms with E-state index in [0.717, 1.165) is 0 Å². The van der Waals surface area contributed by atoms with Crippen molar-refractivity contribution in [1.82, 2.24) is 4.98 Å². The highest BCUT2D eigenvalue weighted by Crippen LogP contribution is 1.88. The van der Waals surface area contributed by atoms with E-state index >= 15 is 0 Å². The molecule has 0 aliphatic heterocycles. The zero-order chi connectivity index (χ0) is 7.82. The minimum Gasteiger partial charge on any atom is -0.397 e. The van der Waals surface area contributed by atoms with Gasteiger partial charge in [0.15, 0.2) is 0 Å². The summed E-state index contributed by atoms with van der Waals surface area (Å²) in [4.78, 5) is 3.85. The molecule has 56 valence electrons. The molecule has 0 aromatic carbocycles. The first kappa shape index (κ1) is 9.11. The molecule has 0 bridgehead atoms. The first-order chi connectivity index (χ1) is 4.81. The summed E-state index contributed by atoms with van der Waals surface area (Å²) >= 11 is 0. The van der Waals surface area contributed by atoms with Gasteiger partial charge in [0, 0.05) is 19.0 Å². The van der Waals surface area contributed by atoms with Gasteiger partial charge in [0.2, 0.25) is 0 Å². The lowest BCUT2D eigenvalue weighted by Gasteiger charge is -1.82. The van der Waals surface area contributed by atoms with Gasteiger partial charge in [0.05, 0.1) is 0 Å². The maximum atomic E-state index is 7.57. The molecular weight excluding hydrogens is 126 g/mol. The second-order valence-electron chi connectivity index (χ2n) is 1.84. The molecule has 1 N–H and O–H groups in total. The maximum Gasteiger partial charge on any atom is 0.0402 e. The van der Waals surface area contributed by atoms with E-state index in [1.54, 1.807) is 19.3 Å². The molecule has 0 saturated heterocycles. The number of aliphatic hydroxyl groups excluding tert-OH is 1. The van der Waals surface area contributed by atoms with Crippen LogP contribution in [0.15, 0.2) is 24.5 Å². The molecule has 0 unspecified atom stereocenters. The summed E-state index contributed by atoms with van der Waals surface area (Å²) in [5.41, 5.74) is 1.26. The maximum absolute atomic E-state index is 7.57. The molecular formula is C8H13NO. The second-order valence-corrected chi connectivity index (χ2v) is 1.84. The van der Waals surface area contributed by atoms with Gasteiger partial charge in [0.25, 0.3) is 0 Å². The molecule has 0 fully saturated rings. The molecule has 2 nitrogen and oxygen atoms in total. The Morgan fingerprint density at radius 1 is 1.40 bits per heavy atom. The van der Waals surface area contributed by atoms with E-state index in [4.69, 9.17) is 5.11 Å². The van der Waals surface area contributed by atoms with Crippen molar-refractivity contribution in [2.75, 3.05) is 6.61 Å². The smallest absolute Gasteiger partial charge is 0.0402 e. The topological polar surface area (TPSA) is 33.1 Å². The summed E-state index contributed by atoms with van der Waals surface area (Å²) in [5, 5.41) is 7.57. The standard InChI is InChI=1S/C6H7N.C2H6O/c1-6-2-4-7-5-3-6;1-2-3/h2-5H,1H3;3H,2H2,1H3. The predicted octanol–water partition coefficient (Wildman–Crippen LogP) is 1.39. The van der Waals surface area contributed by atoms with Crippen molar-refractivity contribution >= 4 is 0 Å². The van der Waals surface area contributed by atoms with Gasteiger partial charge >= 0.3 is 0 Å². The van der Waals surface area contributed by atoms with Crippen LogP contribution >= 0.6 is 0 Å². The minimum absolute atomic E-state index is 0.250. The van der Waals surface area contributed by atoms with Gasteiger partial charge in [-0.25, -0.2) is 0 Å². The van der Waals surface area contributed by atoms with E-state index in [1.165, 1.54) is 5.56 Å². The minimum atomic E-state index is 0.250. The van der Waals surface area contributed by atoms with Gasteiger partial charge in [-0.05, 0) is 31.5 Å². The molecule has 0 spiro atoms. The Morgan fingerprint density at radius 2 is 1.80 bits per heavy atom. The van der Waals surface area contributed by atoms with Gasteiger partial charge < -0.3 is 5.11 Å². The molecule has 0 amide bonds. The zero-order valence-corrected chi connectivity index (χ0v) is 6.41. The van der Waals surface area contributed by atoms with E-state index in [1.807, 2.05) is 19.1 Å². The lowest BCUT2D eigenvalue weighted by atomic mass is 10.3.